The fraction of sp³-hybridized carbons (Fsp3) is 0.667. The number of hydrazine groups is 1. The van der Waals surface area contributed by atoms with Crippen LogP contribution in [0.5, 0.6) is 0 Å². The zero-order chi connectivity index (χ0) is 14.8. The molecule has 7 nitrogen and oxygen atoms in total. The molecule has 3 N–H and O–H groups in total. The molecule has 112 valence electrons. The summed E-state index contributed by atoms with van der Waals surface area (Å²) in [6.07, 6.45) is 6.49. The maximum absolute atomic E-state index is 12.5. The van der Waals surface area contributed by atoms with E-state index in [1.54, 1.807) is 7.05 Å². The van der Waals surface area contributed by atoms with Crippen LogP contribution in [-0.4, -0.2) is 35.8 Å². The Balaban J connectivity index is 2.16. The summed E-state index contributed by atoms with van der Waals surface area (Å²) in [5, 5.41) is 0. The van der Waals surface area contributed by atoms with E-state index in [1.807, 2.05) is 0 Å². The summed E-state index contributed by atoms with van der Waals surface area (Å²) in [5.41, 5.74) is 2.27. The van der Waals surface area contributed by atoms with Gasteiger partial charge in [-0.15, -0.1) is 0 Å². The molecular weight excluding hydrogens is 278 g/mol. The van der Waals surface area contributed by atoms with Crippen molar-refractivity contribution in [2.75, 3.05) is 12.5 Å². The van der Waals surface area contributed by atoms with Crippen molar-refractivity contribution in [2.45, 2.75) is 43.5 Å². The molecule has 8 heteroatoms. The molecule has 1 aliphatic rings. The monoisotopic (exact) mass is 299 g/mol. The summed E-state index contributed by atoms with van der Waals surface area (Å²) in [6, 6.07) is 0.0588. The SMILES string of the molecule is CC1CCC(N(C)S(=O)(=O)c2cnc(NN)nc2)CC1. The minimum absolute atomic E-state index is 0.0588. The summed E-state index contributed by atoms with van der Waals surface area (Å²) >= 11 is 0. The Morgan fingerprint density at radius 2 is 1.80 bits per heavy atom. The molecule has 1 fully saturated rings. The molecule has 0 atom stereocenters. The highest BCUT2D eigenvalue weighted by atomic mass is 32.2. The van der Waals surface area contributed by atoms with Gasteiger partial charge in [-0.3, -0.25) is 5.43 Å². The number of aromatic nitrogens is 2. The van der Waals surface area contributed by atoms with Gasteiger partial charge >= 0.3 is 0 Å². The quantitative estimate of drug-likeness (QED) is 0.634. The van der Waals surface area contributed by atoms with Crippen LogP contribution in [-0.2, 0) is 10.0 Å². The molecular formula is C12H21N5O2S. The van der Waals surface area contributed by atoms with Crippen molar-refractivity contribution in [2.24, 2.45) is 11.8 Å². The lowest BCUT2D eigenvalue weighted by Gasteiger charge is -2.32. The van der Waals surface area contributed by atoms with Crippen LogP contribution in [0.1, 0.15) is 32.6 Å². The Bertz CT molecular complexity index is 537. The third kappa shape index (κ3) is 3.08. The van der Waals surface area contributed by atoms with Gasteiger partial charge in [0.25, 0.3) is 0 Å². The van der Waals surface area contributed by atoms with Gasteiger partial charge in [-0.2, -0.15) is 4.31 Å². The second-order valence-corrected chi connectivity index (χ2v) is 7.32. The number of nitrogens with zero attached hydrogens (tertiary/aromatic N) is 3. The first-order valence-electron chi connectivity index (χ1n) is 6.72. The van der Waals surface area contributed by atoms with Crippen molar-refractivity contribution in [3.05, 3.63) is 12.4 Å². The van der Waals surface area contributed by atoms with Gasteiger partial charge in [-0.1, -0.05) is 6.92 Å². The van der Waals surface area contributed by atoms with Crippen molar-refractivity contribution in [1.82, 2.24) is 14.3 Å². The summed E-state index contributed by atoms with van der Waals surface area (Å²) in [7, 11) is -1.91. The number of hydrogen-bond donors (Lipinski definition) is 2. The zero-order valence-electron chi connectivity index (χ0n) is 11.8. The number of rotatable bonds is 4. The Morgan fingerprint density at radius 1 is 1.25 bits per heavy atom. The molecule has 1 aromatic rings. The van der Waals surface area contributed by atoms with Gasteiger partial charge in [-0.05, 0) is 31.6 Å². The molecule has 2 rings (SSSR count). The second kappa shape index (κ2) is 6.02. The molecule has 1 heterocycles. The number of nitrogens with two attached hydrogens (primary N) is 1. The fourth-order valence-corrected chi connectivity index (χ4v) is 3.80. The predicted molar refractivity (Wildman–Crippen MR) is 76.2 cm³/mol. The van der Waals surface area contributed by atoms with Crippen molar-refractivity contribution in [3.8, 4) is 0 Å². The van der Waals surface area contributed by atoms with Crippen LogP contribution in [0.2, 0.25) is 0 Å². The maximum Gasteiger partial charge on any atom is 0.246 e. The average molecular weight is 299 g/mol. The van der Waals surface area contributed by atoms with E-state index in [0.29, 0.717) is 5.92 Å². The van der Waals surface area contributed by atoms with Gasteiger partial charge in [0.15, 0.2) is 0 Å². The summed E-state index contributed by atoms with van der Waals surface area (Å²) in [4.78, 5) is 7.80. The maximum atomic E-state index is 12.5. The van der Waals surface area contributed by atoms with Crippen molar-refractivity contribution >= 4 is 16.0 Å². The van der Waals surface area contributed by atoms with Gasteiger partial charge in [0.05, 0.1) is 12.4 Å². The largest absolute Gasteiger partial charge is 0.292 e. The van der Waals surface area contributed by atoms with E-state index in [0.717, 1.165) is 25.7 Å². The number of anilines is 1. The highest BCUT2D eigenvalue weighted by Gasteiger charge is 2.30. The van der Waals surface area contributed by atoms with Crippen LogP contribution in [0.3, 0.4) is 0 Å². The molecule has 0 bridgehead atoms. The first-order chi connectivity index (χ1) is 9.45. The highest BCUT2D eigenvalue weighted by Crippen LogP contribution is 2.29. The summed E-state index contributed by atoms with van der Waals surface area (Å²) < 4.78 is 26.5. The lowest BCUT2D eigenvalue weighted by Crippen LogP contribution is -2.39. The van der Waals surface area contributed by atoms with Crippen molar-refractivity contribution in [3.63, 3.8) is 0 Å². The minimum atomic E-state index is -3.54. The smallest absolute Gasteiger partial charge is 0.246 e. The highest BCUT2D eigenvalue weighted by molar-refractivity contribution is 7.89. The minimum Gasteiger partial charge on any atom is -0.292 e. The zero-order valence-corrected chi connectivity index (χ0v) is 12.6. The van der Waals surface area contributed by atoms with E-state index in [-0.39, 0.29) is 16.9 Å². The molecule has 20 heavy (non-hydrogen) atoms. The lowest BCUT2D eigenvalue weighted by molar-refractivity contribution is 0.246. The fourth-order valence-electron chi connectivity index (χ4n) is 2.49. The molecule has 0 saturated heterocycles. The number of nitrogens with one attached hydrogen (secondary N) is 1. The van der Waals surface area contributed by atoms with E-state index in [9.17, 15) is 8.42 Å². The second-order valence-electron chi connectivity index (χ2n) is 5.32. The number of sulfonamides is 1. The van der Waals surface area contributed by atoms with Crippen LogP contribution in [0.15, 0.2) is 17.3 Å². The van der Waals surface area contributed by atoms with Gasteiger partial charge in [0, 0.05) is 13.1 Å². The Morgan fingerprint density at radius 3 is 2.30 bits per heavy atom. The van der Waals surface area contributed by atoms with Crippen molar-refractivity contribution in [1.29, 1.82) is 0 Å². The number of nitrogen functional groups attached to an aromatic ring is 1. The summed E-state index contributed by atoms with van der Waals surface area (Å²) in [5.74, 6) is 6.04. The van der Waals surface area contributed by atoms with E-state index in [2.05, 4.69) is 22.3 Å². The van der Waals surface area contributed by atoms with Gasteiger partial charge in [-0.25, -0.2) is 24.2 Å². The molecule has 0 aliphatic heterocycles. The topological polar surface area (TPSA) is 101 Å². The lowest BCUT2D eigenvalue weighted by atomic mass is 9.87. The molecule has 1 aliphatic carbocycles. The van der Waals surface area contributed by atoms with Gasteiger partial charge < -0.3 is 0 Å². The van der Waals surface area contributed by atoms with Crippen LogP contribution >= 0.6 is 0 Å². The first kappa shape index (κ1) is 15.1. The van der Waals surface area contributed by atoms with Crippen LogP contribution in [0.25, 0.3) is 0 Å². The molecule has 0 amide bonds. The molecule has 0 aromatic carbocycles. The van der Waals surface area contributed by atoms with Crippen LogP contribution in [0.4, 0.5) is 5.95 Å². The van der Waals surface area contributed by atoms with Crippen molar-refractivity contribution < 1.29 is 8.42 Å². The Labute approximate surface area is 119 Å². The molecule has 0 spiro atoms. The normalized spacial score (nSPS) is 23.8. The van der Waals surface area contributed by atoms with E-state index in [1.165, 1.54) is 16.7 Å². The van der Waals surface area contributed by atoms with Gasteiger partial charge in [0.2, 0.25) is 16.0 Å². The van der Waals surface area contributed by atoms with E-state index in [4.69, 9.17) is 5.84 Å². The Hall–Kier alpha value is -1.25. The van der Waals surface area contributed by atoms with Gasteiger partial charge in [0.1, 0.15) is 4.90 Å². The summed E-state index contributed by atoms with van der Waals surface area (Å²) in [6.45, 7) is 2.21. The average Bonchev–Trinajstić information content (AvgIpc) is 2.47. The first-order valence-corrected chi connectivity index (χ1v) is 8.16. The Kier molecular flexibility index (Phi) is 4.56. The molecule has 0 radical (unpaired) electrons. The molecule has 1 aromatic heterocycles. The molecule has 0 unspecified atom stereocenters. The van der Waals surface area contributed by atoms with Crippen LogP contribution < -0.4 is 11.3 Å². The van der Waals surface area contributed by atoms with Crippen LogP contribution in [0, 0.1) is 5.92 Å². The third-order valence-corrected chi connectivity index (χ3v) is 5.80. The molecule has 1 saturated carbocycles. The van der Waals surface area contributed by atoms with E-state index < -0.39 is 10.0 Å². The predicted octanol–water partition coefficient (Wildman–Crippen LogP) is 0.961. The number of hydrogen-bond acceptors (Lipinski definition) is 6. The van der Waals surface area contributed by atoms with E-state index >= 15 is 0 Å². The third-order valence-electron chi connectivity index (χ3n) is 3.93. The standard InChI is InChI=1S/C12H21N5O2S/c1-9-3-5-10(6-4-9)17(2)20(18,19)11-7-14-12(16-13)15-8-11/h7-10H,3-6,13H2,1-2H3,(H,14,15,16).